The van der Waals surface area contributed by atoms with Gasteiger partial charge in [-0.3, -0.25) is 0 Å². The fraction of sp³-hybridized carbons (Fsp3) is 1.00. The molecule has 0 saturated carbocycles. The smallest absolute Gasteiger partial charge is 0.365 e. The van der Waals surface area contributed by atoms with E-state index in [0.717, 1.165) is 18.1 Å². The van der Waals surface area contributed by atoms with Gasteiger partial charge in [0.2, 0.25) is 0 Å². The van der Waals surface area contributed by atoms with Gasteiger partial charge in [0.25, 0.3) is 0 Å². The molecule has 1 heterocycles. The van der Waals surface area contributed by atoms with E-state index in [-0.39, 0.29) is 0 Å². The largest absolute Gasteiger partial charge is 0.414 e. The monoisotopic (exact) mass is 219 g/mol. The molecule has 0 spiro atoms. The molecule has 3 radical (unpaired) electrons. The van der Waals surface area contributed by atoms with Gasteiger partial charge in [0, 0.05) is 0 Å². The molecule has 0 atom stereocenters. The van der Waals surface area contributed by atoms with Crippen molar-refractivity contribution < 1.29 is 12.3 Å². The van der Waals surface area contributed by atoms with Gasteiger partial charge in [0.15, 0.2) is 0 Å². The van der Waals surface area contributed by atoms with Crippen LogP contribution in [0.5, 0.6) is 0 Å². The van der Waals surface area contributed by atoms with Crippen molar-refractivity contribution in [2.45, 2.75) is 38.9 Å². The molecule has 0 aromatic heterocycles. The predicted octanol–water partition coefficient (Wildman–Crippen LogP) is 1.57. The molecule has 12 heavy (non-hydrogen) atoms. The zero-order chi connectivity index (χ0) is 8.97. The Morgan fingerprint density at radius 2 is 0.917 bits per heavy atom. The van der Waals surface area contributed by atoms with Gasteiger partial charge in [-0.25, -0.2) is 0 Å². The van der Waals surface area contributed by atoms with Crippen molar-refractivity contribution in [1.82, 2.24) is 0 Å². The Morgan fingerprint density at radius 3 is 1.08 bits per heavy atom. The first-order valence-electron chi connectivity index (χ1n) is 4.41. The molecule has 69 valence electrons. The van der Waals surface area contributed by atoms with Crippen molar-refractivity contribution in [3.05, 3.63) is 0 Å². The highest BCUT2D eigenvalue weighted by atomic mass is 28.5. The lowest BCUT2D eigenvalue weighted by molar-refractivity contribution is 0.281. The van der Waals surface area contributed by atoms with Crippen molar-refractivity contribution in [3.8, 4) is 0 Å². The van der Waals surface area contributed by atoms with Gasteiger partial charge >= 0.3 is 27.9 Å². The Bertz CT molecular complexity index is 105. The van der Waals surface area contributed by atoms with E-state index < -0.39 is 27.9 Å². The van der Waals surface area contributed by atoms with E-state index in [1.165, 1.54) is 0 Å². The van der Waals surface area contributed by atoms with Gasteiger partial charge in [-0.2, -0.15) is 0 Å². The summed E-state index contributed by atoms with van der Waals surface area (Å²) in [4.78, 5) is 0. The van der Waals surface area contributed by atoms with Gasteiger partial charge in [-0.15, -0.1) is 0 Å². The van der Waals surface area contributed by atoms with E-state index in [4.69, 9.17) is 12.3 Å². The van der Waals surface area contributed by atoms with Crippen LogP contribution in [-0.2, 0) is 12.3 Å². The van der Waals surface area contributed by atoms with Crippen LogP contribution in [0.15, 0.2) is 0 Å². The molecule has 1 aliphatic rings. The Kier molecular flexibility index (Phi) is 4.69. The van der Waals surface area contributed by atoms with Gasteiger partial charge in [-0.05, 0) is 18.1 Å². The third-order valence-electron chi connectivity index (χ3n) is 1.55. The minimum absolute atomic E-state index is 0.943. The van der Waals surface area contributed by atoms with E-state index >= 15 is 0 Å². The SMILES string of the molecule is CC[Si]1O[Si](CC)O[Si](CC)O1. The highest BCUT2D eigenvalue weighted by Crippen LogP contribution is 2.14. The van der Waals surface area contributed by atoms with Crippen molar-refractivity contribution in [2.75, 3.05) is 0 Å². The molecular formula is C6H15O3Si3. The van der Waals surface area contributed by atoms with Crippen molar-refractivity contribution >= 4 is 27.9 Å². The minimum atomic E-state index is -0.943. The quantitative estimate of drug-likeness (QED) is 0.675. The predicted molar refractivity (Wildman–Crippen MR) is 52.0 cm³/mol. The second-order valence-corrected chi connectivity index (χ2v) is 9.29. The van der Waals surface area contributed by atoms with Crippen LogP contribution in [0.2, 0.25) is 18.1 Å². The maximum absolute atomic E-state index is 5.70. The summed E-state index contributed by atoms with van der Waals surface area (Å²) < 4.78 is 17.1. The number of hydrogen-bond donors (Lipinski definition) is 0. The van der Waals surface area contributed by atoms with Crippen LogP contribution >= 0.6 is 0 Å². The first kappa shape index (κ1) is 10.6. The number of hydrogen-bond acceptors (Lipinski definition) is 3. The molecule has 0 unspecified atom stereocenters. The van der Waals surface area contributed by atoms with Gasteiger partial charge in [0.1, 0.15) is 0 Å². The fourth-order valence-electron chi connectivity index (χ4n) is 0.876. The normalized spacial score (nSPS) is 23.2. The molecule has 0 amide bonds. The van der Waals surface area contributed by atoms with E-state index in [0.29, 0.717) is 0 Å². The lowest BCUT2D eigenvalue weighted by Gasteiger charge is -2.30. The molecule has 0 aromatic carbocycles. The summed E-state index contributed by atoms with van der Waals surface area (Å²) >= 11 is 0. The molecule has 1 aliphatic heterocycles. The first-order valence-corrected chi connectivity index (χ1v) is 8.98. The lowest BCUT2D eigenvalue weighted by Crippen LogP contribution is -2.47. The summed E-state index contributed by atoms with van der Waals surface area (Å²) in [6, 6.07) is 3.11. The second kappa shape index (κ2) is 5.30. The van der Waals surface area contributed by atoms with E-state index in [1.807, 2.05) is 0 Å². The van der Waals surface area contributed by atoms with Crippen LogP contribution in [0.3, 0.4) is 0 Å². The molecule has 0 aliphatic carbocycles. The van der Waals surface area contributed by atoms with Crippen LogP contribution in [-0.4, -0.2) is 27.9 Å². The molecule has 1 saturated heterocycles. The lowest BCUT2D eigenvalue weighted by atomic mass is 11.0. The van der Waals surface area contributed by atoms with Crippen LogP contribution in [0, 0.1) is 0 Å². The minimum Gasteiger partial charge on any atom is -0.414 e. The summed E-state index contributed by atoms with van der Waals surface area (Å²) in [5.41, 5.74) is 0. The van der Waals surface area contributed by atoms with Crippen molar-refractivity contribution in [1.29, 1.82) is 0 Å². The molecule has 1 rings (SSSR count). The van der Waals surface area contributed by atoms with Crippen molar-refractivity contribution in [3.63, 3.8) is 0 Å². The highest BCUT2D eigenvalue weighted by Gasteiger charge is 2.34. The first-order chi connectivity index (χ1) is 5.80. The Morgan fingerprint density at radius 1 is 0.667 bits per heavy atom. The second-order valence-electron chi connectivity index (χ2n) is 2.48. The average Bonchev–Trinajstić information content (AvgIpc) is 2.16. The summed E-state index contributed by atoms with van der Waals surface area (Å²) in [6.07, 6.45) is 0. The zero-order valence-electron chi connectivity index (χ0n) is 7.85. The Balaban J connectivity index is 2.41. The van der Waals surface area contributed by atoms with E-state index in [1.54, 1.807) is 0 Å². The Labute approximate surface area is 79.6 Å². The van der Waals surface area contributed by atoms with Crippen LogP contribution in [0.25, 0.3) is 0 Å². The van der Waals surface area contributed by atoms with Crippen molar-refractivity contribution in [2.24, 2.45) is 0 Å². The summed E-state index contributed by atoms with van der Waals surface area (Å²) in [5.74, 6) is 0. The van der Waals surface area contributed by atoms with Crippen LogP contribution in [0.1, 0.15) is 20.8 Å². The van der Waals surface area contributed by atoms with Gasteiger partial charge < -0.3 is 12.3 Å². The number of rotatable bonds is 3. The van der Waals surface area contributed by atoms with E-state index in [9.17, 15) is 0 Å². The van der Waals surface area contributed by atoms with E-state index in [2.05, 4.69) is 20.8 Å². The summed E-state index contributed by atoms with van der Waals surface area (Å²) in [6.45, 7) is 6.39. The third kappa shape index (κ3) is 2.79. The zero-order valence-corrected chi connectivity index (χ0v) is 10.8. The van der Waals surface area contributed by atoms with Crippen LogP contribution in [0.4, 0.5) is 0 Å². The molecule has 3 nitrogen and oxygen atoms in total. The Hall–Kier alpha value is 0.531. The standard InChI is InChI=1S/C6H15O3Si3/c1-4-10-7-11(5-2)9-12(6-3)8-10/h4-6H2,1-3H3. The summed E-state index contributed by atoms with van der Waals surface area (Å²) in [7, 11) is -2.83. The summed E-state index contributed by atoms with van der Waals surface area (Å²) in [5, 5.41) is 0. The maximum Gasteiger partial charge on any atom is 0.365 e. The molecule has 0 bridgehead atoms. The van der Waals surface area contributed by atoms with Gasteiger partial charge in [-0.1, -0.05) is 20.8 Å². The molecule has 6 heteroatoms. The highest BCUT2D eigenvalue weighted by molar-refractivity contribution is 6.73. The topological polar surface area (TPSA) is 27.7 Å². The maximum atomic E-state index is 5.70. The fourth-order valence-corrected chi connectivity index (χ4v) is 9.01. The van der Waals surface area contributed by atoms with Crippen LogP contribution < -0.4 is 0 Å². The average molecular weight is 219 g/mol. The third-order valence-corrected chi connectivity index (χ3v) is 8.75. The molecule has 0 N–H and O–H groups in total. The van der Waals surface area contributed by atoms with Gasteiger partial charge in [0.05, 0.1) is 0 Å². The molecule has 1 fully saturated rings. The molecular weight excluding hydrogens is 204 g/mol. The molecule has 0 aromatic rings.